The lowest BCUT2D eigenvalue weighted by Gasteiger charge is -2.27. The van der Waals surface area contributed by atoms with Gasteiger partial charge in [-0.3, -0.25) is 4.79 Å². The number of piperidine rings is 1. The predicted octanol–water partition coefficient (Wildman–Crippen LogP) is 2.39. The van der Waals surface area contributed by atoms with Crippen molar-refractivity contribution in [3.8, 4) is 0 Å². The van der Waals surface area contributed by atoms with Gasteiger partial charge in [0.05, 0.1) is 6.04 Å². The molecule has 19 heavy (non-hydrogen) atoms. The van der Waals surface area contributed by atoms with Crippen molar-refractivity contribution in [3.63, 3.8) is 0 Å². The zero-order valence-corrected chi connectivity index (χ0v) is 12.0. The number of carbonyl (C=O) groups excluding carboxylic acids is 1. The lowest BCUT2D eigenvalue weighted by Crippen LogP contribution is -2.48. The number of rotatable bonds is 4. The number of carbonyl (C=O) groups is 1. The molecular weight excluding hydrogens is 260 g/mol. The van der Waals surface area contributed by atoms with Gasteiger partial charge in [0.15, 0.2) is 0 Å². The fourth-order valence-corrected chi connectivity index (χ4v) is 2.54. The van der Waals surface area contributed by atoms with E-state index in [1.54, 1.807) is 0 Å². The standard InChI is InChI=1S/C15H21ClN2O/c1-11-6-8-17-14(10-11)15(19)18-9-7-12-2-4-13(16)5-3-12/h2-5,11,14,17H,6-10H2,1H3,(H,18,19). The minimum Gasteiger partial charge on any atom is -0.354 e. The Hall–Kier alpha value is -1.06. The Morgan fingerprint density at radius 3 is 2.84 bits per heavy atom. The van der Waals surface area contributed by atoms with Gasteiger partial charge in [0, 0.05) is 11.6 Å². The van der Waals surface area contributed by atoms with E-state index in [0.717, 1.165) is 30.8 Å². The summed E-state index contributed by atoms with van der Waals surface area (Å²) in [6.45, 7) is 3.82. The first-order valence-corrected chi connectivity index (χ1v) is 7.28. The van der Waals surface area contributed by atoms with Crippen LogP contribution in [0.5, 0.6) is 0 Å². The number of amides is 1. The van der Waals surface area contributed by atoms with E-state index in [2.05, 4.69) is 17.6 Å². The summed E-state index contributed by atoms with van der Waals surface area (Å²) in [5.74, 6) is 0.758. The third-order valence-corrected chi connectivity index (χ3v) is 3.86. The van der Waals surface area contributed by atoms with Crippen LogP contribution in [0.1, 0.15) is 25.3 Å². The van der Waals surface area contributed by atoms with Crippen molar-refractivity contribution in [2.45, 2.75) is 32.2 Å². The molecule has 0 radical (unpaired) electrons. The molecule has 0 bridgehead atoms. The summed E-state index contributed by atoms with van der Waals surface area (Å²) in [6.07, 6.45) is 2.94. The maximum atomic E-state index is 12.0. The van der Waals surface area contributed by atoms with Crippen molar-refractivity contribution in [1.29, 1.82) is 0 Å². The van der Waals surface area contributed by atoms with E-state index in [0.29, 0.717) is 12.5 Å². The number of hydrogen-bond donors (Lipinski definition) is 2. The van der Waals surface area contributed by atoms with Gasteiger partial charge in [0.25, 0.3) is 0 Å². The molecule has 4 heteroatoms. The van der Waals surface area contributed by atoms with Gasteiger partial charge >= 0.3 is 0 Å². The molecule has 1 saturated heterocycles. The summed E-state index contributed by atoms with van der Waals surface area (Å²) in [6, 6.07) is 7.73. The van der Waals surface area contributed by atoms with Crippen LogP contribution in [0.2, 0.25) is 5.02 Å². The number of nitrogens with one attached hydrogen (secondary N) is 2. The highest BCUT2D eigenvalue weighted by Crippen LogP contribution is 2.15. The van der Waals surface area contributed by atoms with Crippen LogP contribution >= 0.6 is 11.6 Å². The van der Waals surface area contributed by atoms with Gasteiger partial charge in [-0.2, -0.15) is 0 Å². The second-order valence-corrected chi connectivity index (χ2v) is 5.74. The Labute approximate surface area is 119 Å². The van der Waals surface area contributed by atoms with E-state index in [-0.39, 0.29) is 11.9 Å². The highest BCUT2D eigenvalue weighted by Gasteiger charge is 2.23. The Bertz CT molecular complexity index is 419. The molecule has 2 N–H and O–H groups in total. The molecule has 1 aliphatic heterocycles. The van der Waals surface area contributed by atoms with Crippen molar-refractivity contribution < 1.29 is 4.79 Å². The first-order chi connectivity index (χ1) is 9.15. The quantitative estimate of drug-likeness (QED) is 0.889. The largest absolute Gasteiger partial charge is 0.354 e. The highest BCUT2D eigenvalue weighted by molar-refractivity contribution is 6.30. The SMILES string of the molecule is CC1CCNC(C(=O)NCCc2ccc(Cl)cc2)C1. The van der Waals surface area contributed by atoms with E-state index in [9.17, 15) is 4.79 Å². The second kappa shape index (κ2) is 6.92. The van der Waals surface area contributed by atoms with Crippen molar-refractivity contribution in [3.05, 3.63) is 34.9 Å². The molecule has 1 amide bonds. The van der Waals surface area contributed by atoms with Gasteiger partial charge in [0.1, 0.15) is 0 Å². The molecule has 1 aromatic rings. The summed E-state index contributed by atoms with van der Waals surface area (Å²) in [7, 11) is 0. The summed E-state index contributed by atoms with van der Waals surface area (Å²) in [5, 5.41) is 7.02. The molecule has 2 atom stereocenters. The molecular formula is C15H21ClN2O. The summed E-state index contributed by atoms with van der Waals surface area (Å²) < 4.78 is 0. The lowest BCUT2D eigenvalue weighted by molar-refractivity contribution is -0.123. The molecule has 0 saturated carbocycles. The molecule has 3 nitrogen and oxygen atoms in total. The van der Waals surface area contributed by atoms with Gasteiger partial charge in [-0.1, -0.05) is 30.7 Å². The second-order valence-electron chi connectivity index (χ2n) is 5.30. The fraction of sp³-hybridized carbons (Fsp3) is 0.533. The van der Waals surface area contributed by atoms with Crippen molar-refractivity contribution in [1.82, 2.24) is 10.6 Å². The first-order valence-electron chi connectivity index (χ1n) is 6.90. The zero-order chi connectivity index (χ0) is 13.7. The minimum absolute atomic E-state index is 0.0195. The Kier molecular flexibility index (Phi) is 5.23. The number of hydrogen-bond acceptors (Lipinski definition) is 2. The van der Waals surface area contributed by atoms with Crippen LogP contribution < -0.4 is 10.6 Å². The van der Waals surface area contributed by atoms with Crippen molar-refractivity contribution in [2.24, 2.45) is 5.92 Å². The van der Waals surface area contributed by atoms with Gasteiger partial charge in [0.2, 0.25) is 5.91 Å². The smallest absolute Gasteiger partial charge is 0.237 e. The molecule has 2 unspecified atom stereocenters. The Balaban J connectivity index is 1.73. The Morgan fingerprint density at radius 2 is 2.16 bits per heavy atom. The van der Waals surface area contributed by atoms with Gasteiger partial charge in [-0.05, 0) is 49.4 Å². The molecule has 1 fully saturated rings. The average molecular weight is 281 g/mol. The van der Waals surface area contributed by atoms with E-state index in [4.69, 9.17) is 11.6 Å². The molecule has 0 aliphatic carbocycles. The molecule has 1 aromatic carbocycles. The van der Waals surface area contributed by atoms with Gasteiger partial charge < -0.3 is 10.6 Å². The minimum atomic E-state index is -0.0195. The predicted molar refractivity (Wildman–Crippen MR) is 78.4 cm³/mol. The first kappa shape index (κ1) is 14.4. The molecule has 2 rings (SSSR count). The number of benzene rings is 1. The molecule has 0 aromatic heterocycles. The maximum absolute atomic E-state index is 12.0. The van der Waals surface area contributed by atoms with Gasteiger partial charge in [-0.25, -0.2) is 0 Å². The van der Waals surface area contributed by atoms with E-state index in [1.807, 2.05) is 24.3 Å². The number of halogens is 1. The average Bonchev–Trinajstić information content (AvgIpc) is 2.41. The topological polar surface area (TPSA) is 41.1 Å². The molecule has 0 spiro atoms. The van der Waals surface area contributed by atoms with Crippen molar-refractivity contribution in [2.75, 3.05) is 13.1 Å². The van der Waals surface area contributed by atoms with Crippen molar-refractivity contribution >= 4 is 17.5 Å². The maximum Gasteiger partial charge on any atom is 0.237 e. The van der Waals surface area contributed by atoms with Crippen LogP contribution in [0.4, 0.5) is 0 Å². The van der Waals surface area contributed by atoms with Crippen LogP contribution in [0.25, 0.3) is 0 Å². The summed E-state index contributed by atoms with van der Waals surface area (Å²) >= 11 is 5.83. The fourth-order valence-electron chi connectivity index (χ4n) is 2.41. The van der Waals surface area contributed by atoms with Crippen LogP contribution in [0.15, 0.2) is 24.3 Å². The lowest BCUT2D eigenvalue weighted by atomic mass is 9.94. The van der Waals surface area contributed by atoms with E-state index >= 15 is 0 Å². The zero-order valence-electron chi connectivity index (χ0n) is 11.3. The van der Waals surface area contributed by atoms with E-state index in [1.165, 1.54) is 5.56 Å². The third kappa shape index (κ3) is 4.51. The van der Waals surface area contributed by atoms with Crippen LogP contribution in [-0.2, 0) is 11.2 Å². The highest BCUT2D eigenvalue weighted by atomic mass is 35.5. The van der Waals surface area contributed by atoms with Gasteiger partial charge in [-0.15, -0.1) is 0 Å². The normalized spacial score (nSPS) is 23.1. The summed E-state index contributed by atoms with van der Waals surface area (Å²) in [5.41, 5.74) is 1.19. The molecule has 1 aliphatic rings. The third-order valence-electron chi connectivity index (χ3n) is 3.61. The monoisotopic (exact) mass is 280 g/mol. The molecule has 1 heterocycles. The van der Waals surface area contributed by atoms with E-state index < -0.39 is 0 Å². The van der Waals surface area contributed by atoms with Crippen LogP contribution in [0.3, 0.4) is 0 Å². The molecule has 104 valence electrons. The van der Waals surface area contributed by atoms with Crippen LogP contribution in [-0.4, -0.2) is 25.0 Å². The van der Waals surface area contributed by atoms with Crippen LogP contribution in [0, 0.1) is 5.92 Å². The Morgan fingerprint density at radius 1 is 1.42 bits per heavy atom. The summed E-state index contributed by atoms with van der Waals surface area (Å²) in [4.78, 5) is 12.0.